The summed E-state index contributed by atoms with van der Waals surface area (Å²) in [5, 5.41) is 7.24. The van der Waals surface area contributed by atoms with Crippen LogP contribution in [-0.2, 0) is 0 Å². The smallest absolute Gasteiger partial charge is 0.00794 e. The lowest BCUT2D eigenvalue weighted by Gasteiger charge is -2.33. The van der Waals surface area contributed by atoms with Gasteiger partial charge in [0.1, 0.15) is 0 Å². The van der Waals surface area contributed by atoms with Crippen molar-refractivity contribution in [1.29, 1.82) is 0 Å². The number of hydrogen-bond donors (Lipinski definition) is 2. The van der Waals surface area contributed by atoms with Gasteiger partial charge in [0, 0.05) is 25.2 Å². The van der Waals surface area contributed by atoms with Crippen LogP contribution < -0.4 is 10.6 Å². The van der Waals surface area contributed by atoms with Gasteiger partial charge in [-0.25, -0.2) is 0 Å². The highest BCUT2D eigenvalue weighted by Gasteiger charge is 2.24. The summed E-state index contributed by atoms with van der Waals surface area (Å²) >= 11 is 0. The van der Waals surface area contributed by atoms with Crippen LogP contribution in [0, 0.1) is 5.92 Å². The van der Waals surface area contributed by atoms with E-state index in [0.29, 0.717) is 0 Å². The van der Waals surface area contributed by atoms with Crippen molar-refractivity contribution in [2.75, 3.05) is 13.1 Å². The average Bonchev–Trinajstić information content (AvgIpc) is 2.61. The normalized spacial score (nSPS) is 33.2. The lowest BCUT2D eigenvalue weighted by molar-refractivity contribution is 0.241. The lowest BCUT2D eigenvalue weighted by atomic mass is 9.82. The van der Waals surface area contributed by atoms with E-state index in [-0.39, 0.29) is 0 Å². The van der Waals surface area contributed by atoms with Gasteiger partial charge in [-0.3, -0.25) is 0 Å². The van der Waals surface area contributed by atoms with Crippen LogP contribution in [0.1, 0.15) is 45.4 Å². The largest absolute Gasteiger partial charge is 0.313 e. The third-order valence-electron chi connectivity index (χ3n) is 3.72. The highest BCUT2D eigenvalue weighted by molar-refractivity contribution is 4.82. The van der Waals surface area contributed by atoms with Gasteiger partial charge in [-0.05, 0) is 31.6 Å². The first-order valence-corrected chi connectivity index (χ1v) is 6.31. The van der Waals surface area contributed by atoms with Crippen LogP contribution in [0.2, 0.25) is 0 Å². The standard InChI is InChI=1S/C12H24N2/c1-10-8-12(9-10)14-7-6-13-11-4-2-3-5-11/h10-14H,2-9H2,1H3. The minimum atomic E-state index is 0.829. The van der Waals surface area contributed by atoms with Crippen LogP contribution in [0.5, 0.6) is 0 Å². The molecule has 0 atom stereocenters. The summed E-state index contributed by atoms with van der Waals surface area (Å²) in [6.45, 7) is 4.67. The fraction of sp³-hybridized carbons (Fsp3) is 1.00. The molecule has 0 aromatic carbocycles. The van der Waals surface area contributed by atoms with E-state index < -0.39 is 0 Å². The monoisotopic (exact) mass is 196 g/mol. The molecule has 0 unspecified atom stereocenters. The van der Waals surface area contributed by atoms with Crippen LogP contribution >= 0.6 is 0 Å². The third kappa shape index (κ3) is 2.96. The Bertz CT molecular complexity index is 158. The topological polar surface area (TPSA) is 24.1 Å². The molecule has 2 heteroatoms. The van der Waals surface area contributed by atoms with Gasteiger partial charge in [0.15, 0.2) is 0 Å². The van der Waals surface area contributed by atoms with Crippen molar-refractivity contribution in [3.05, 3.63) is 0 Å². The first kappa shape index (κ1) is 10.4. The molecule has 2 fully saturated rings. The van der Waals surface area contributed by atoms with Crippen molar-refractivity contribution in [2.45, 2.75) is 57.5 Å². The fourth-order valence-corrected chi connectivity index (χ4v) is 2.75. The summed E-state index contributed by atoms with van der Waals surface area (Å²) in [5.74, 6) is 0.968. The van der Waals surface area contributed by atoms with Crippen molar-refractivity contribution in [3.8, 4) is 0 Å². The highest BCUT2D eigenvalue weighted by Crippen LogP contribution is 2.25. The van der Waals surface area contributed by atoms with E-state index in [2.05, 4.69) is 17.6 Å². The Hall–Kier alpha value is -0.0800. The first-order chi connectivity index (χ1) is 6.84. The minimum absolute atomic E-state index is 0.829. The maximum atomic E-state index is 3.63. The van der Waals surface area contributed by atoms with E-state index in [4.69, 9.17) is 0 Å². The van der Waals surface area contributed by atoms with E-state index >= 15 is 0 Å². The molecule has 14 heavy (non-hydrogen) atoms. The Morgan fingerprint density at radius 1 is 0.929 bits per heavy atom. The van der Waals surface area contributed by atoms with Crippen LogP contribution in [0.15, 0.2) is 0 Å². The molecule has 0 amide bonds. The molecular weight excluding hydrogens is 172 g/mol. The Morgan fingerprint density at radius 3 is 2.07 bits per heavy atom. The summed E-state index contributed by atoms with van der Waals surface area (Å²) in [6.07, 6.45) is 8.46. The van der Waals surface area contributed by atoms with Crippen LogP contribution in [0.4, 0.5) is 0 Å². The third-order valence-corrected chi connectivity index (χ3v) is 3.72. The Kier molecular flexibility index (Phi) is 3.82. The molecule has 0 aliphatic heterocycles. The maximum absolute atomic E-state index is 3.63. The second kappa shape index (κ2) is 5.13. The van der Waals surface area contributed by atoms with Gasteiger partial charge in [-0.2, -0.15) is 0 Å². The molecule has 0 heterocycles. The minimum Gasteiger partial charge on any atom is -0.313 e. The molecule has 0 saturated heterocycles. The Labute approximate surface area is 87.8 Å². The summed E-state index contributed by atoms with van der Waals surface area (Å²) < 4.78 is 0. The van der Waals surface area contributed by atoms with E-state index in [1.54, 1.807) is 0 Å². The van der Waals surface area contributed by atoms with Gasteiger partial charge in [-0.1, -0.05) is 19.8 Å². The van der Waals surface area contributed by atoms with Crippen LogP contribution in [0.3, 0.4) is 0 Å². The molecule has 0 bridgehead atoms. The zero-order valence-corrected chi connectivity index (χ0v) is 9.39. The van der Waals surface area contributed by atoms with Crippen molar-refractivity contribution in [3.63, 3.8) is 0 Å². The molecule has 0 aromatic heterocycles. The second-order valence-corrected chi connectivity index (χ2v) is 5.16. The summed E-state index contributed by atoms with van der Waals surface area (Å²) in [7, 11) is 0. The summed E-state index contributed by atoms with van der Waals surface area (Å²) in [5.41, 5.74) is 0. The number of hydrogen-bond acceptors (Lipinski definition) is 2. The zero-order chi connectivity index (χ0) is 9.80. The predicted molar refractivity (Wildman–Crippen MR) is 60.4 cm³/mol. The molecule has 82 valence electrons. The van der Waals surface area contributed by atoms with Crippen molar-refractivity contribution in [1.82, 2.24) is 10.6 Å². The first-order valence-electron chi connectivity index (χ1n) is 6.31. The maximum Gasteiger partial charge on any atom is 0.00794 e. The van der Waals surface area contributed by atoms with E-state index in [1.165, 1.54) is 38.5 Å². The van der Waals surface area contributed by atoms with Gasteiger partial charge in [-0.15, -0.1) is 0 Å². The fourth-order valence-electron chi connectivity index (χ4n) is 2.75. The molecule has 0 spiro atoms. The van der Waals surface area contributed by atoms with Gasteiger partial charge >= 0.3 is 0 Å². The molecule has 2 saturated carbocycles. The summed E-state index contributed by atoms with van der Waals surface area (Å²) in [4.78, 5) is 0. The van der Waals surface area contributed by atoms with Gasteiger partial charge in [0.2, 0.25) is 0 Å². The lowest BCUT2D eigenvalue weighted by Crippen LogP contribution is -2.43. The molecule has 2 rings (SSSR count). The molecule has 0 aromatic rings. The molecule has 2 aliphatic rings. The molecule has 2 nitrogen and oxygen atoms in total. The molecule has 0 radical (unpaired) electrons. The van der Waals surface area contributed by atoms with E-state index in [1.807, 2.05) is 0 Å². The van der Waals surface area contributed by atoms with Gasteiger partial charge in [0.25, 0.3) is 0 Å². The molecule has 2 N–H and O–H groups in total. The van der Waals surface area contributed by atoms with E-state index in [9.17, 15) is 0 Å². The van der Waals surface area contributed by atoms with Gasteiger partial charge in [0.05, 0.1) is 0 Å². The van der Waals surface area contributed by atoms with Gasteiger partial charge < -0.3 is 10.6 Å². The van der Waals surface area contributed by atoms with Crippen molar-refractivity contribution < 1.29 is 0 Å². The number of nitrogens with one attached hydrogen (secondary N) is 2. The second-order valence-electron chi connectivity index (χ2n) is 5.16. The molecule has 2 aliphatic carbocycles. The van der Waals surface area contributed by atoms with E-state index in [0.717, 1.165) is 31.1 Å². The van der Waals surface area contributed by atoms with Crippen LogP contribution in [0.25, 0.3) is 0 Å². The quantitative estimate of drug-likeness (QED) is 0.656. The average molecular weight is 196 g/mol. The number of rotatable bonds is 5. The van der Waals surface area contributed by atoms with Crippen molar-refractivity contribution in [2.24, 2.45) is 5.92 Å². The SMILES string of the molecule is CC1CC(NCCNC2CCCC2)C1. The zero-order valence-electron chi connectivity index (χ0n) is 9.39. The Morgan fingerprint density at radius 2 is 1.50 bits per heavy atom. The highest BCUT2D eigenvalue weighted by atomic mass is 15.0. The summed E-state index contributed by atoms with van der Waals surface area (Å²) in [6, 6.07) is 1.66. The van der Waals surface area contributed by atoms with Crippen molar-refractivity contribution >= 4 is 0 Å². The molecular formula is C12H24N2. The van der Waals surface area contributed by atoms with Crippen LogP contribution in [-0.4, -0.2) is 25.2 Å². The predicted octanol–water partition coefficient (Wildman–Crippen LogP) is 1.91. The Balaban J connectivity index is 1.43.